The lowest BCUT2D eigenvalue weighted by Crippen LogP contribution is -2.39. The summed E-state index contributed by atoms with van der Waals surface area (Å²) in [5, 5.41) is 5.23. The molecule has 0 aromatic rings. The van der Waals surface area contributed by atoms with E-state index in [9.17, 15) is 13.2 Å². The van der Waals surface area contributed by atoms with Crippen molar-refractivity contribution in [2.45, 2.75) is 13.0 Å². The Bertz CT molecular complexity index is 261. The Morgan fingerprint density at radius 3 is 2.38 bits per heavy atom. The molecule has 78 valence electrons. The number of amides is 1. The zero-order valence-corrected chi connectivity index (χ0v) is 8.94. The Hall–Kier alpha value is -0.620. The molecule has 0 bridgehead atoms. The van der Waals surface area contributed by atoms with Gasteiger partial charge in [-0.25, -0.2) is 8.42 Å². The van der Waals surface area contributed by atoms with Crippen molar-refractivity contribution in [2.75, 3.05) is 25.6 Å². The van der Waals surface area contributed by atoms with E-state index in [4.69, 9.17) is 0 Å². The van der Waals surface area contributed by atoms with E-state index in [1.165, 1.54) is 13.3 Å². The first-order chi connectivity index (χ1) is 5.85. The molecule has 1 atom stereocenters. The standard InChI is InChI=1S/C7H16N2O3S/c1-6(5-13(3,11)12)9-4-7(10)8-2/h6,9H,4-5H2,1-3H3,(H,8,10). The van der Waals surface area contributed by atoms with Gasteiger partial charge in [0.25, 0.3) is 0 Å². The van der Waals surface area contributed by atoms with Crippen LogP contribution in [0, 0.1) is 0 Å². The highest BCUT2D eigenvalue weighted by Gasteiger charge is 2.10. The monoisotopic (exact) mass is 208 g/mol. The molecular weight excluding hydrogens is 192 g/mol. The Morgan fingerprint density at radius 2 is 2.00 bits per heavy atom. The Morgan fingerprint density at radius 1 is 1.46 bits per heavy atom. The van der Waals surface area contributed by atoms with Gasteiger partial charge < -0.3 is 10.6 Å². The van der Waals surface area contributed by atoms with E-state index in [0.717, 1.165) is 0 Å². The van der Waals surface area contributed by atoms with Crippen LogP contribution in [0.15, 0.2) is 0 Å². The van der Waals surface area contributed by atoms with Gasteiger partial charge in [-0.1, -0.05) is 0 Å². The molecule has 0 aliphatic carbocycles. The first-order valence-corrected chi connectivity index (χ1v) is 6.03. The normalized spacial score (nSPS) is 13.8. The first-order valence-electron chi connectivity index (χ1n) is 3.97. The molecule has 0 aromatic carbocycles. The van der Waals surface area contributed by atoms with Crippen LogP contribution in [0.5, 0.6) is 0 Å². The summed E-state index contributed by atoms with van der Waals surface area (Å²) in [6.45, 7) is 1.87. The average Bonchev–Trinajstić information content (AvgIpc) is 1.97. The molecule has 1 amide bonds. The van der Waals surface area contributed by atoms with Crippen molar-refractivity contribution >= 4 is 15.7 Å². The van der Waals surface area contributed by atoms with Crippen molar-refractivity contribution in [3.63, 3.8) is 0 Å². The third kappa shape index (κ3) is 7.73. The van der Waals surface area contributed by atoms with Gasteiger partial charge in [-0.3, -0.25) is 4.79 Å². The van der Waals surface area contributed by atoms with Crippen LogP contribution < -0.4 is 10.6 Å². The van der Waals surface area contributed by atoms with E-state index >= 15 is 0 Å². The molecular formula is C7H16N2O3S. The predicted molar refractivity (Wildman–Crippen MR) is 51.2 cm³/mol. The zero-order chi connectivity index (χ0) is 10.5. The number of nitrogens with one attached hydrogen (secondary N) is 2. The molecule has 0 aliphatic heterocycles. The van der Waals surface area contributed by atoms with Crippen LogP contribution in [0.25, 0.3) is 0 Å². The molecule has 0 heterocycles. The van der Waals surface area contributed by atoms with E-state index in [1.807, 2.05) is 0 Å². The molecule has 0 saturated carbocycles. The summed E-state index contributed by atoms with van der Waals surface area (Å²) in [4.78, 5) is 10.8. The van der Waals surface area contributed by atoms with Crippen LogP contribution >= 0.6 is 0 Å². The molecule has 0 fully saturated rings. The highest BCUT2D eigenvalue weighted by Crippen LogP contribution is 1.88. The molecule has 5 nitrogen and oxygen atoms in total. The quantitative estimate of drug-likeness (QED) is 0.592. The van der Waals surface area contributed by atoms with Crippen molar-refractivity contribution in [1.29, 1.82) is 0 Å². The molecule has 6 heteroatoms. The van der Waals surface area contributed by atoms with Gasteiger partial charge in [0.1, 0.15) is 9.84 Å². The maximum atomic E-state index is 10.8. The first kappa shape index (κ1) is 12.4. The summed E-state index contributed by atoms with van der Waals surface area (Å²) in [5.41, 5.74) is 0. The van der Waals surface area contributed by atoms with Gasteiger partial charge >= 0.3 is 0 Å². The molecule has 0 aliphatic rings. The lowest BCUT2D eigenvalue weighted by atomic mass is 10.4. The number of carbonyl (C=O) groups excluding carboxylic acids is 1. The largest absolute Gasteiger partial charge is 0.358 e. The number of carbonyl (C=O) groups is 1. The Labute approximate surface area is 78.8 Å². The van der Waals surface area contributed by atoms with E-state index in [2.05, 4.69) is 10.6 Å². The van der Waals surface area contributed by atoms with Crippen molar-refractivity contribution < 1.29 is 13.2 Å². The molecule has 0 rings (SSSR count). The number of sulfone groups is 1. The minimum Gasteiger partial charge on any atom is -0.358 e. The van der Waals surface area contributed by atoms with Crippen LogP contribution in [0.1, 0.15) is 6.92 Å². The van der Waals surface area contributed by atoms with Gasteiger partial charge in [-0.15, -0.1) is 0 Å². The number of likely N-dealkylation sites (N-methyl/N-ethyl adjacent to an activating group) is 1. The Kier molecular flexibility index (Phi) is 4.94. The highest BCUT2D eigenvalue weighted by atomic mass is 32.2. The second kappa shape index (κ2) is 5.18. The molecule has 13 heavy (non-hydrogen) atoms. The lowest BCUT2D eigenvalue weighted by Gasteiger charge is -2.11. The summed E-state index contributed by atoms with van der Waals surface area (Å²) in [6, 6.07) is -0.202. The number of hydrogen-bond acceptors (Lipinski definition) is 4. The molecule has 0 aromatic heterocycles. The van der Waals surface area contributed by atoms with Gasteiger partial charge in [0, 0.05) is 19.3 Å². The van der Waals surface area contributed by atoms with E-state index < -0.39 is 9.84 Å². The molecule has 1 unspecified atom stereocenters. The predicted octanol–water partition coefficient (Wildman–Crippen LogP) is -1.24. The van der Waals surface area contributed by atoms with Gasteiger partial charge in [-0.2, -0.15) is 0 Å². The smallest absolute Gasteiger partial charge is 0.233 e. The topological polar surface area (TPSA) is 75.3 Å². The highest BCUT2D eigenvalue weighted by molar-refractivity contribution is 7.90. The Balaban J connectivity index is 3.76. The molecule has 0 spiro atoms. The minimum absolute atomic E-state index is 0.0456. The summed E-state index contributed by atoms with van der Waals surface area (Å²) in [5.74, 6) is -0.107. The number of hydrogen-bond donors (Lipinski definition) is 2. The van der Waals surface area contributed by atoms with Gasteiger partial charge in [0.15, 0.2) is 0 Å². The summed E-state index contributed by atoms with van der Waals surface area (Å²) < 4.78 is 21.6. The fourth-order valence-electron chi connectivity index (χ4n) is 0.868. The van der Waals surface area contributed by atoms with Crippen molar-refractivity contribution in [3.8, 4) is 0 Å². The van der Waals surface area contributed by atoms with Gasteiger partial charge in [0.2, 0.25) is 5.91 Å². The lowest BCUT2D eigenvalue weighted by molar-refractivity contribution is -0.119. The van der Waals surface area contributed by atoms with Gasteiger partial charge in [-0.05, 0) is 6.92 Å². The van der Waals surface area contributed by atoms with Crippen molar-refractivity contribution in [3.05, 3.63) is 0 Å². The second-order valence-electron chi connectivity index (χ2n) is 3.05. The third-order valence-electron chi connectivity index (χ3n) is 1.44. The van der Waals surface area contributed by atoms with Crippen LogP contribution in [0.4, 0.5) is 0 Å². The van der Waals surface area contributed by atoms with Crippen LogP contribution in [0.2, 0.25) is 0 Å². The van der Waals surface area contributed by atoms with Crippen molar-refractivity contribution in [1.82, 2.24) is 10.6 Å². The molecule has 0 radical (unpaired) electrons. The van der Waals surface area contributed by atoms with Crippen molar-refractivity contribution in [2.24, 2.45) is 0 Å². The number of rotatable bonds is 5. The SMILES string of the molecule is CNC(=O)CNC(C)CS(C)(=O)=O. The van der Waals surface area contributed by atoms with E-state index in [-0.39, 0.29) is 24.2 Å². The fourth-order valence-corrected chi connectivity index (χ4v) is 1.89. The maximum Gasteiger partial charge on any atom is 0.233 e. The van der Waals surface area contributed by atoms with Gasteiger partial charge in [0.05, 0.1) is 12.3 Å². The summed E-state index contributed by atoms with van der Waals surface area (Å²) in [6.07, 6.45) is 1.17. The van der Waals surface area contributed by atoms with Crippen LogP contribution in [-0.2, 0) is 14.6 Å². The minimum atomic E-state index is -2.97. The average molecular weight is 208 g/mol. The third-order valence-corrected chi connectivity index (χ3v) is 2.55. The second-order valence-corrected chi connectivity index (χ2v) is 5.23. The summed E-state index contributed by atoms with van der Waals surface area (Å²) in [7, 11) is -1.44. The fraction of sp³-hybridized carbons (Fsp3) is 0.857. The summed E-state index contributed by atoms with van der Waals surface area (Å²) >= 11 is 0. The maximum absolute atomic E-state index is 10.8. The van der Waals surface area contributed by atoms with Crippen LogP contribution in [-0.4, -0.2) is 46.0 Å². The zero-order valence-electron chi connectivity index (χ0n) is 8.12. The van der Waals surface area contributed by atoms with E-state index in [0.29, 0.717) is 0 Å². The molecule has 2 N–H and O–H groups in total. The van der Waals surface area contributed by atoms with Crippen LogP contribution in [0.3, 0.4) is 0 Å². The van der Waals surface area contributed by atoms with E-state index in [1.54, 1.807) is 6.92 Å². The molecule has 0 saturated heterocycles.